The molecule has 0 radical (unpaired) electrons. The van der Waals surface area contributed by atoms with Crippen LogP contribution in [0.15, 0.2) is 36.4 Å². The van der Waals surface area contributed by atoms with Crippen LogP contribution in [0.3, 0.4) is 0 Å². The fourth-order valence-electron chi connectivity index (χ4n) is 3.46. The molecule has 192 valence electrons. The lowest BCUT2D eigenvalue weighted by Crippen LogP contribution is -2.47. The third-order valence-electron chi connectivity index (χ3n) is 5.38. The Hall–Kier alpha value is -2.20. The number of likely N-dealkylation sites (N-methyl/N-ethyl adjacent to an activating group) is 1. The van der Waals surface area contributed by atoms with Crippen LogP contribution in [0.5, 0.6) is 5.75 Å². The van der Waals surface area contributed by atoms with Crippen LogP contribution < -0.4 is 14.4 Å². The Kier molecular flexibility index (Phi) is 10.5. The van der Waals surface area contributed by atoms with E-state index in [2.05, 4.69) is 5.32 Å². The Morgan fingerprint density at radius 1 is 1.09 bits per heavy atom. The minimum Gasteiger partial charge on any atom is -0.495 e. The maximum Gasteiger partial charge on any atom is 0.242 e. The molecule has 2 aromatic carbocycles. The number of benzene rings is 2. The molecule has 2 aromatic rings. The van der Waals surface area contributed by atoms with Crippen molar-refractivity contribution >= 4 is 62.3 Å². The van der Waals surface area contributed by atoms with Gasteiger partial charge < -0.3 is 15.0 Å². The highest BCUT2D eigenvalue weighted by Crippen LogP contribution is 2.31. The predicted octanol–water partition coefficient (Wildman–Crippen LogP) is 4.36. The van der Waals surface area contributed by atoms with Gasteiger partial charge in [0.1, 0.15) is 11.8 Å². The highest BCUT2D eigenvalue weighted by Gasteiger charge is 2.27. The Bertz CT molecular complexity index is 1160. The van der Waals surface area contributed by atoms with Crippen molar-refractivity contribution in [3.8, 4) is 5.75 Å². The summed E-state index contributed by atoms with van der Waals surface area (Å²) in [6, 6.07) is 8.83. The van der Waals surface area contributed by atoms with Gasteiger partial charge in [0.15, 0.2) is 0 Å². The molecule has 8 nitrogen and oxygen atoms in total. The molecule has 0 aromatic heterocycles. The Labute approximate surface area is 221 Å². The van der Waals surface area contributed by atoms with Crippen LogP contribution in [0.4, 0.5) is 5.69 Å². The van der Waals surface area contributed by atoms with E-state index in [0.717, 1.165) is 6.26 Å². The third kappa shape index (κ3) is 7.64. The predicted molar refractivity (Wildman–Crippen MR) is 140 cm³/mol. The second kappa shape index (κ2) is 12.7. The zero-order valence-electron chi connectivity index (χ0n) is 19.8. The first kappa shape index (κ1) is 29.0. The smallest absolute Gasteiger partial charge is 0.242 e. The fourth-order valence-corrected chi connectivity index (χ4v) is 5.19. The number of rotatable bonds is 11. The molecule has 0 spiro atoms. The first-order valence-electron chi connectivity index (χ1n) is 10.7. The normalized spacial score (nSPS) is 12.1. The SMILES string of the molecule is CNC(=O)[C@@H](C)N(Cc1c(Cl)cccc1Cl)C(=O)CCCN(c1ccc(OC)c(Cl)c1)S(C)(=O)=O. The lowest BCUT2D eigenvalue weighted by molar-refractivity contribution is -0.140. The van der Waals surface area contributed by atoms with E-state index < -0.39 is 16.1 Å². The summed E-state index contributed by atoms with van der Waals surface area (Å²) in [5.41, 5.74) is 0.870. The summed E-state index contributed by atoms with van der Waals surface area (Å²) in [4.78, 5) is 26.9. The number of anilines is 1. The number of halogens is 3. The maximum absolute atomic E-state index is 13.2. The summed E-state index contributed by atoms with van der Waals surface area (Å²) < 4.78 is 31.2. The van der Waals surface area contributed by atoms with Crippen LogP contribution in [0.25, 0.3) is 0 Å². The van der Waals surface area contributed by atoms with Crippen LogP contribution in [-0.4, -0.2) is 58.1 Å². The molecule has 0 aliphatic heterocycles. The molecular formula is C23H28Cl3N3O5S. The van der Waals surface area contributed by atoms with Gasteiger partial charge in [-0.3, -0.25) is 13.9 Å². The van der Waals surface area contributed by atoms with E-state index in [1.165, 1.54) is 29.4 Å². The van der Waals surface area contributed by atoms with Gasteiger partial charge in [-0.05, 0) is 43.7 Å². The van der Waals surface area contributed by atoms with E-state index >= 15 is 0 Å². The summed E-state index contributed by atoms with van der Waals surface area (Å²) >= 11 is 18.7. The molecule has 35 heavy (non-hydrogen) atoms. The second-order valence-electron chi connectivity index (χ2n) is 7.77. The molecule has 0 aliphatic rings. The van der Waals surface area contributed by atoms with Gasteiger partial charge >= 0.3 is 0 Å². The van der Waals surface area contributed by atoms with Crippen LogP contribution in [-0.2, 0) is 26.2 Å². The van der Waals surface area contributed by atoms with Gasteiger partial charge in [0.2, 0.25) is 21.8 Å². The number of methoxy groups -OCH3 is 1. The lowest BCUT2D eigenvalue weighted by atomic mass is 10.1. The molecule has 0 saturated carbocycles. The molecule has 1 N–H and O–H groups in total. The molecule has 0 fully saturated rings. The van der Waals surface area contributed by atoms with Gasteiger partial charge in [-0.2, -0.15) is 0 Å². The monoisotopic (exact) mass is 563 g/mol. The number of ether oxygens (including phenoxy) is 1. The summed E-state index contributed by atoms with van der Waals surface area (Å²) in [5.74, 6) is -0.290. The molecule has 2 amide bonds. The van der Waals surface area contributed by atoms with Gasteiger partial charge in [-0.1, -0.05) is 40.9 Å². The zero-order chi connectivity index (χ0) is 26.3. The van der Waals surface area contributed by atoms with Crippen molar-refractivity contribution in [3.63, 3.8) is 0 Å². The molecule has 2 rings (SSSR count). The quantitative estimate of drug-likeness (QED) is 0.437. The first-order valence-corrected chi connectivity index (χ1v) is 13.6. The number of hydrogen-bond acceptors (Lipinski definition) is 5. The minimum atomic E-state index is -3.66. The largest absolute Gasteiger partial charge is 0.495 e. The molecule has 0 heterocycles. The number of carbonyl (C=O) groups is 2. The number of hydrogen-bond donors (Lipinski definition) is 1. The van der Waals surface area contributed by atoms with Crippen LogP contribution in [0.2, 0.25) is 15.1 Å². The standard InChI is InChI=1S/C23H28Cl3N3O5S/c1-15(23(31)27-2)28(14-17-18(24)7-5-8-19(17)25)22(30)9-6-12-29(35(4,32)33)16-10-11-21(34-3)20(26)13-16/h5,7-8,10-11,13,15H,6,9,12,14H2,1-4H3,(H,27,31)/t15-/m1/s1. The summed E-state index contributed by atoms with van der Waals surface area (Å²) in [6.07, 6.45) is 1.26. The average molecular weight is 565 g/mol. The Morgan fingerprint density at radius 2 is 1.71 bits per heavy atom. The molecule has 12 heteroatoms. The molecular weight excluding hydrogens is 537 g/mol. The van der Waals surface area contributed by atoms with Gasteiger partial charge in [0, 0.05) is 42.2 Å². The van der Waals surface area contributed by atoms with E-state index in [1.54, 1.807) is 37.3 Å². The molecule has 0 saturated heterocycles. The number of nitrogens with one attached hydrogen (secondary N) is 1. The van der Waals surface area contributed by atoms with Crippen molar-refractivity contribution < 1.29 is 22.7 Å². The Morgan fingerprint density at radius 3 is 2.23 bits per heavy atom. The lowest BCUT2D eigenvalue weighted by Gasteiger charge is -2.29. The fraction of sp³-hybridized carbons (Fsp3) is 0.391. The van der Waals surface area contributed by atoms with Crippen molar-refractivity contribution in [2.24, 2.45) is 0 Å². The summed E-state index contributed by atoms with van der Waals surface area (Å²) in [6.45, 7) is 1.65. The average Bonchev–Trinajstić information content (AvgIpc) is 2.79. The highest BCUT2D eigenvalue weighted by atomic mass is 35.5. The van der Waals surface area contributed by atoms with Crippen LogP contribution in [0, 0.1) is 0 Å². The van der Waals surface area contributed by atoms with E-state index in [9.17, 15) is 18.0 Å². The topological polar surface area (TPSA) is 96.0 Å². The van der Waals surface area contributed by atoms with Gasteiger partial charge in [-0.25, -0.2) is 8.42 Å². The summed E-state index contributed by atoms with van der Waals surface area (Å²) in [5, 5.41) is 3.55. The van der Waals surface area contributed by atoms with E-state index in [0.29, 0.717) is 27.0 Å². The van der Waals surface area contributed by atoms with E-state index in [-0.39, 0.29) is 42.8 Å². The van der Waals surface area contributed by atoms with Gasteiger partial charge in [0.25, 0.3) is 0 Å². The Balaban J connectivity index is 2.22. The van der Waals surface area contributed by atoms with Gasteiger partial charge in [-0.15, -0.1) is 0 Å². The summed E-state index contributed by atoms with van der Waals surface area (Å²) in [7, 11) is -0.715. The van der Waals surface area contributed by atoms with Crippen molar-refractivity contribution in [3.05, 3.63) is 57.0 Å². The van der Waals surface area contributed by atoms with Crippen molar-refractivity contribution in [1.82, 2.24) is 10.2 Å². The molecule has 0 unspecified atom stereocenters. The third-order valence-corrected chi connectivity index (χ3v) is 7.58. The molecule has 0 aliphatic carbocycles. The number of carbonyl (C=O) groups excluding carboxylic acids is 2. The maximum atomic E-state index is 13.2. The first-order chi connectivity index (χ1) is 16.4. The number of sulfonamides is 1. The van der Waals surface area contributed by atoms with Crippen molar-refractivity contribution in [1.29, 1.82) is 0 Å². The number of nitrogens with zero attached hydrogens (tertiary/aromatic N) is 2. The molecule has 0 bridgehead atoms. The zero-order valence-corrected chi connectivity index (χ0v) is 22.9. The van der Waals surface area contributed by atoms with E-state index in [1.807, 2.05) is 0 Å². The van der Waals surface area contributed by atoms with Crippen molar-refractivity contribution in [2.75, 3.05) is 31.3 Å². The van der Waals surface area contributed by atoms with Gasteiger partial charge in [0.05, 0.1) is 24.1 Å². The minimum absolute atomic E-state index is 0.0146. The van der Waals surface area contributed by atoms with Crippen molar-refractivity contribution in [2.45, 2.75) is 32.4 Å². The van der Waals surface area contributed by atoms with Crippen LogP contribution >= 0.6 is 34.8 Å². The highest BCUT2D eigenvalue weighted by molar-refractivity contribution is 7.92. The van der Waals surface area contributed by atoms with Crippen LogP contribution in [0.1, 0.15) is 25.3 Å². The molecule has 1 atom stereocenters. The number of amides is 2. The second-order valence-corrected chi connectivity index (χ2v) is 10.9. The van der Waals surface area contributed by atoms with E-state index in [4.69, 9.17) is 39.5 Å².